The minimum absolute atomic E-state index is 0.332. The molecule has 84 valence electrons. The third-order valence-corrected chi connectivity index (χ3v) is 3.18. The van der Waals surface area contributed by atoms with Gasteiger partial charge >= 0.3 is 7.12 Å². The molecule has 0 radical (unpaired) electrons. The molecule has 0 aromatic rings. The summed E-state index contributed by atoms with van der Waals surface area (Å²) in [6.07, 6.45) is 1.50. The van der Waals surface area contributed by atoms with Crippen LogP contribution in [0, 0.1) is 0 Å². The summed E-state index contributed by atoms with van der Waals surface area (Å²) in [6, 6.07) is 0. The summed E-state index contributed by atoms with van der Waals surface area (Å²) in [5.41, 5.74) is 6.57. The van der Waals surface area contributed by atoms with E-state index in [2.05, 4.69) is 6.58 Å². The smallest absolute Gasteiger partial charge is 0.405 e. The van der Waals surface area contributed by atoms with Crippen LogP contribution < -0.4 is 5.73 Å². The van der Waals surface area contributed by atoms with Gasteiger partial charge < -0.3 is 15.0 Å². The lowest BCUT2D eigenvalue weighted by Gasteiger charge is -2.32. The quantitative estimate of drug-likeness (QED) is 0.559. The Morgan fingerprint density at radius 2 is 1.60 bits per heavy atom. The molecular weight excluding hydrogens is 189 g/mol. The van der Waals surface area contributed by atoms with E-state index < -0.39 is 7.12 Å². The second kappa shape index (κ2) is 3.69. The molecule has 1 aliphatic heterocycles. The molecule has 15 heavy (non-hydrogen) atoms. The molecule has 1 heterocycles. The minimum Gasteiger partial charge on any atom is -0.405 e. The van der Waals surface area contributed by atoms with Crippen molar-refractivity contribution in [3.63, 3.8) is 0 Å². The Balaban J connectivity index is 2.92. The van der Waals surface area contributed by atoms with Crippen molar-refractivity contribution < 1.29 is 9.31 Å². The van der Waals surface area contributed by atoms with Crippen LogP contribution in [0.4, 0.5) is 0 Å². The van der Waals surface area contributed by atoms with Crippen molar-refractivity contribution in [3.8, 4) is 0 Å². The van der Waals surface area contributed by atoms with Gasteiger partial charge in [-0.15, -0.1) is 0 Å². The first-order valence-corrected chi connectivity index (χ1v) is 5.14. The van der Waals surface area contributed by atoms with Crippen LogP contribution in [0.1, 0.15) is 34.6 Å². The van der Waals surface area contributed by atoms with Gasteiger partial charge in [-0.2, -0.15) is 0 Å². The Kier molecular flexibility index (Phi) is 3.03. The summed E-state index contributed by atoms with van der Waals surface area (Å²) in [7, 11) is -0.405. The fourth-order valence-electron chi connectivity index (χ4n) is 1.39. The molecule has 3 nitrogen and oxygen atoms in total. The summed E-state index contributed by atoms with van der Waals surface area (Å²) in [6.45, 7) is 13.8. The number of allylic oxidation sites excluding steroid dienone is 2. The summed E-state index contributed by atoms with van der Waals surface area (Å²) >= 11 is 0. The van der Waals surface area contributed by atoms with E-state index in [0.29, 0.717) is 0 Å². The molecule has 1 saturated heterocycles. The SMILES string of the molecule is C=C(C)/C(=C\N)B1OC(C)(C)C(C)(C)O1. The van der Waals surface area contributed by atoms with E-state index in [0.717, 1.165) is 11.0 Å². The fraction of sp³-hybridized carbons (Fsp3) is 0.636. The molecular formula is C11H20BNO2. The monoisotopic (exact) mass is 209 g/mol. The molecule has 0 aliphatic carbocycles. The maximum Gasteiger partial charge on any atom is 0.496 e. The van der Waals surface area contributed by atoms with E-state index in [1.54, 1.807) is 0 Å². The predicted molar refractivity (Wildman–Crippen MR) is 63.2 cm³/mol. The average Bonchev–Trinajstić information content (AvgIpc) is 2.21. The van der Waals surface area contributed by atoms with Gasteiger partial charge in [-0.1, -0.05) is 12.2 Å². The lowest BCUT2D eigenvalue weighted by atomic mass is 9.75. The fourth-order valence-corrected chi connectivity index (χ4v) is 1.39. The molecule has 0 unspecified atom stereocenters. The second-order valence-corrected chi connectivity index (χ2v) is 4.99. The zero-order valence-corrected chi connectivity index (χ0v) is 10.3. The molecule has 0 saturated carbocycles. The van der Waals surface area contributed by atoms with E-state index in [4.69, 9.17) is 15.0 Å². The standard InChI is InChI=1S/C11H20BNO2/c1-8(2)9(7-13)12-14-10(3,4)11(5,6)15-12/h7H,1,13H2,2-6H3/b9-7+. The molecule has 1 aliphatic rings. The predicted octanol–water partition coefficient (Wildman–Crippen LogP) is 2.04. The van der Waals surface area contributed by atoms with Gasteiger partial charge in [-0.25, -0.2) is 0 Å². The zero-order chi connectivity index (χ0) is 11.9. The Bertz CT molecular complexity index is 292. The number of nitrogens with two attached hydrogens (primary N) is 1. The summed E-state index contributed by atoms with van der Waals surface area (Å²) in [4.78, 5) is 0. The van der Waals surface area contributed by atoms with Gasteiger partial charge in [0.15, 0.2) is 0 Å². The van der Waals surface area contributed by atoms with E-state index in [1.807, 2.05) is 34.6 Å². The molecule has 4 heteroatoms. The van der Waals surface area contributed by atoms with Crippen LogP contribution in [0.5, 0.6) is 0 Å². The Morgan fingerprint density at radius 3 is 1.87 bits per heavy atom. The molecule has 0 bridgehead atoms. The normalized spacial score (nSPS) is 24.3. The van der Waals surface area contributed by atoms with Gasteiger partial charge in [0.2, 0.25) is 0 Å². The highest BCUT2D eigenvalue weighted by molar-refractivity contribution is 6.56. The maximum absolute atomic E-state index is 5.85. The van der Waals surface area contributed by atoms with Gasteiger partial charge in [0, 0.05) is 5.47 Å². The largest absolute Gasteiger partial charge is 0.496 e. The van der Waals surface area contributed by atoms with Crippen molar-refractivity contribution >= 4 is 7.12 Å². The number of rotatable bonds is 2. The van der Waals surface area contributed by atoms with Crippen molar-refractivity contribution in [2.45, 2.75) is 45.8 Å². The van der Waals surface area contributed by atoms with Crippen molar-refractivity contribution in [2.75, 3.05) is 0 Å². The topological polar surface area (TPSA) is 44.5 Å². The highest BCUT2D eigenvalue weighted by atomic mass is 16.7. The highest BCUT2D eigenvalue weighted by Crippen LogP contribution is 2.39. The first-order valence-electron chi connectivity index (χ1n) is 5.14. The van der Waals surface area contributed by atoms with Gasteiger partial charge in [-0.05, 0) is 40.8 Å². The van der Waals surface area contributed by atoms with Crippen molar-refractivity contribution in [3.05, 3.63) is 23.8 Å². The molecule has 1 fully saturated rings. The Labute approximate surface area is 92.5 Å². The van der Waals surface area contributed by atoms with Gasteiger partial charge in [0.05, 0.1) is 11.2 Å². The van der Waals surface area contributed by atoms with E-state index in [9.17, 15) is 0 Å². The van der Waals surface area contributed by atoms with Crippen molar-refractivity contribution in [2.24, 2.45) is 5.73 Å². The lowest BCUT2D eigenvalue weighted by Crippen LogP contribution is -2.41. The van der Waals surface area contributed by atoms with Gasteiger partial charge in [-0.3, -0.25) is 0 Å². The van der Waals surface area contributed by atoms with Crippen LogP contribution in [-0.2, 0) is 9.31 Å². The maximum atomic E-state index is 5.85. The molecule has 0 spiro atoms. The van der Waals surface area contributed by atoms with E-state index in [1.165, 1.54) is 6.20 Å². The number of hydrogen-bond donors (Lipinski definition) is 1. The van der Waals surface area contributed by atoms with Crippen LogP contribution >= 0.6 is 0 Å². The summed E-state index contributed by atoms with van der Waals surface area (Å²) < 4.78 is 11.7. The van der Waals surface area contributed by atoms with Crippen LogP contribution in [0.2, 0.25) is 0 Å². The lowest BCUT2D eigenvalue weighted by molar-refractivity contribution is 0.00578. The molecule has 0 aromatic carbocycles. The number of hydrogen-bond acceptors (Lipinski definition) is 3. The third kappa shape index (κ3) is 2.11. The van der Waals surface area contributed by atoms with Crippen molar-refractivity contribution in [1.82, 2.24) is 0 Å². The Morgan fingerprint density at radius 1 is 1.20 bits per heavy atom. The van der Waals surface area contributed by atoms with E-state index in [-0.39, 0.29) is 11.2 Å². The van der Waals surface area contributed by atoms with Crippen LogP contribution in [0.3, 0.4) is 0 Å². The molecule has 0 amide bonds. The zero-order valence-electron chi connectivity index (χ0n) is 10.3. The third-order valence-electron chi connectivity index (χ3n) is 3.18. The minimum atomic E-state index is -0.405. The van der Waals surface area contributed by atoms with Crippen LogP contribution in [0.15, 0.2) is 23.8 Å². The van der Waals surface area contributed by atoms with Crippen molar-refractivity contribution in [1.29, 1.82) is 0 Å². The molecule has 2 N–H and O–H groups in total. The van der Waals surface area contributed by atoms with E-state index >= 15 is 0 Å². The molecule has 0 aromatic heterocycles. The van der Waals surface area contributed by atoms with Gasteiger partial charge in [0.25, 0.3) is 0 Å². The first kappa shape index (κ1) is 12.3. The van der Waals surface area contributed by atoms with Crippen LogP contribution in [0.25, 0.3) is 0 Å². The second-order valence-electron chi connectivity index (χ2n) is 4.99. The highest BCUT2D eigenvalue weighted by Gasteiger charge is 2.52. The van der Waals surface area contributed by atoms with Crippen LogP contribution in [-0.4, -0.2) is 18.3 Å². The first-order chi connectivity index (χ1) is 6.71. The molecule has 1 rings (SSSR count). The summed E-state index contributed by atoms with van der Waals surface area (Å²) in [5, 5.41) is 0. The molecule has 0 atom stereocenters. The Hall–Kier alpha value is -0.735. The average molecular weight is 209 g/mol. The summed E-state index contributed by atoms with van der Waals surface area (Å²) in [5.74, 6) is 0. The van der Waals surface area contributed by atoms with Gasteiger partial charge in [0.1, 0.15) is 0 Å².